The Hall–Kier alpha value is -3.72. The van der Waals surface area contributed by atoms with E-state index in [2.05, 4.69) is 42.7 Å². The number of halogens is 1. The van der Waals surface area contributed by atoms with Gasteiger partial charge in [0.25, 0.3) is 0 Å². The Bertz CT molecular complexity index is 1220. The molecule has 2 aromatic carbocycles. The second kappa shape index (κ2) is 8.19. The number of aromatic nitrogens is 4. The van der Waals surface area contributed by atoms with Gasteiger partial charge in [0, 0.05) is 62.6 Å². The highest BCUT2D eigenvalue weighted by molar-refractivity contribution is 5.93. The molecule has 9 heteroatoms. The number of nitrogens with one attached hydrogen (secondary N) is 2. The molecule has 2 N–H and O–H groups in total. The fourth-order valence-corrected chi connectivity index (χ4v) is 3.62. The largest absolute Gasteiger partial charge is 0.437 e. The number of hydrogen-bond acceptors (Lipinski definition) is 7. The third kappa shape index (κ3) is 4.13. The van der Waals surface area contributed by atoms with Crippen LogP contribution in [0.3, 0.4) is 0 Å². The number of fused-ring (bicyclic) bond motifs is 1. The highest BCUT2D eigenvalue weighted by Gasteiger charge is 2.14. The fraction of sp³-hybridized carbons (Fsp3) is 0.227. The van der Waals surface area contributed by atoms with E-state index in [1.807, 2.05) is 6.07 Å². The van der Waals surface area contributed by atoms with Gasteiger partial charge in [-0.3, -0.25) is 4.68 Å². The highest BCUT2D eigenvalue weighted by atomic mass is 19.1. The summed E-state index contributed by atoms with van der Waals surface area (Å²) >= 11 is 0. The van der Waals surface area contributed by atoms with Crippen molar-refractivity contribution in [1.29, 1.82) is 0 Å². The van der Waals surface area contributed by atoms with Crippen LogP contribution in [0, 0.1) is 5.82 Å². The lowest BCUT2D eigenvalue weighted by Crippen LogP contribution is -2.43. The van der Waals surface area contributed by atoms with Gasteiger partial charge in [-0.25, -0.2) is 14.4 Å². The number of piperazine rings is 1. The minimum atomic E-state index is -0.446. The number of rotatable bonds is 5. The molecule has 8 nitrogen and oxygen atoms in total. The molecular weight excluding hydrogens is 397 g/mol. The summed E-state index contributed by atoms with van der Waals surface area (Å²) in [6.45, 7) is 3.78. The Morgan fingerprint density at radius 3 is 2.71 bits per heavy atom. The van der Waals surface area contributed by atoms with Gasteiger partial charge in [-0.15, -0.1) is 5.10 Å². The molecule has 1 saturated heterocycles. The maximum atomic E-state index is 14.8. The Morgan fingerprint density at radius 1 is 1.06 bits per heavy atom. The number of anilines is 3. The van der Waals surface area contributed by atoms with Crippen LogP contribution in [-0.4, -0.2) is 45.9 Å². The molecule has 158 valence electrons. The van der Waals surface area contributed by atoms with Crippen molar-refractivity contribution in [1.82, 2.24) is 25.1 Å². The van der Waals surface area contributed by atoms with Crippen LogP contribution < -0.4 is 20.3 Å². The van der Waals surface area contributed by atoms with Crippen molar-refractivity contribution in [2.24, 2.45) is 7.05 Å². The lowest BCUT2D eigenvalue weighted by molar-refractivity contribution is 0.450. The Kier molecular flexibility index (Phi) is 5.09. The van der Waals surface area contributed by atoms with Gasteiger partial charge in [-0.2, -0.15) is 0 Å². The lowest BCUT2D eigenvalue weighted by Gasteiger charge is -2.29. The maximum absolute atomic E-state index is 14.8. The molecule has 1 aliphatic rings. The molecule has 0 saturated carbocycles. The number of benzene rings is 2. The van der Waals surface area contributed by atoms with E-state index in [4.69, 9.17) is 4.74 Å². The summed E-state index contributed by atoms with van der Waals surface area (Å²) in [5, 5.41) is 11.4. The van der Waals surface area contributed by atoms with Gasteiger partial charge < -0.3 is 20.3 Å². The van der Waals surface area contributed by atoms with Gasteiger partial charge in [0.15, 0.2) is 0 Å². The Balaban J connectivity index is 1.41. The number of aryl methyl sites for hydroxylation is 1. The zero-order valence-corrected chi connectivity index (χ0v) is 17.0. The van der Waals surface area contributed by atoms with Gasteiger partial charge in [-0.05, 0) is 30.3 Å². The Morgan fingerprint density at radius 2 is 1.94 bits per heavy atom. The highest BCUT2D eigenvalue weighted by Crippen LogP contribution is 2.30. The van der Waals surface area contributed by atoms with E-state index in [0.29, 0.717) is 23.1 Å². The average Bonchev–Trinajstić information content (AvgIpc) is 3.20. The molecule has 5 rings (SSSR count). The molecule has 2 aromatic heterocycles. The molecule has 31 heavy (non-hydrogen) atoms. The lowest BCUT2D eigenvalue weighted by atomic mass is 10.1. The molecule has 0 amide bonds. The topological polar surface area (TPSA) is 80.1 Å². The first kappa shape index (κ1) is 19.3. The molecule has 0 aliphatic carbocycles. The monoisotopic (exact) mass is 419 g/mol. The second-order valence-electron chi connectivity index (χ2n) is 7.36. The van der Waals surface area contributed by atoms with Gasteiger partial charge in [0.2, 0.25) is 5.88 Å². The molecule has 4 aromatic rings. The van der Waals surface area contributed by atoms with Crippen LogP contribution in [0.2, 0.25) is 0 Å². The van der Waals surface area contributed by atoms with E-state index >= 15 is 0 Å². The molecular formula is C22H22FN7O. The van der Waals surface area contributed by atoms with Crippen molar-refractivity contribution in [3.8, 4) is 11.6 Å². The van der Waals surface area contributed by atoms with E-state index in [-0.39, 0.29) is 0 Å². The van der Waals surface area contributed by atoms with E-state index in [1.165, 1.54) is 12.4 Å². The van der Waals surface area contributed by atoms with Crippen molar-refractivity contribution in [2.45, 2.75) is 0 Å². The zero-order valence-electron chi connectivity index (χ0n) is 17.0. The normalized spacial score (nSPS) is 14.1. The minimum absolute atomic E-state index is 0.306. The quantitative estimate of drug-likeness (QED) is 0.513. The smallest absolute Gasteiger partial charge is 0.238 e. The predicted molar refractivity (Wildman–Crippen MR) is 118 cm³/mol. The van der Waals surface area contributed by atoms with Crippen LogP contribution in [0.15, 0.2) is 55.0 Å². The first-order valence-corrected chi connectivity index (χ1v) is 10.1. The SMILES string of the molecule is Cn1ccc(Oc2ccc(Nc3ncnc4ccc(N5CCNCC5)cc34)c(F)c2)n1. The van der Waals surface area contributed by atoms with E-state index in [0.717, 1.165) is 42.8 Å². The standard InChI is InChI=1S/C22H22FN7O/c1-29-9-6-21(28-29)31-16-3-5-20(18(23)13-16)27-22-17-12-15(30-10-7-24-8-11-30)2-4-19(17)25-14-26-22/h2-6,9,12-14,24H,7-8,10-11H2,1H3,(H,25,26,27). The fourth-order valence-electron chi connectivity index (χ4n) is 3.62. The summed E-state index contributed by atoms with van der Waals surface area (Å²) in [5.74, 6) is 0.887. The molecule has 0 atom stereocenters. The van der Waals surface area contributed by atoms with Crippen molar-refractivity contribution >= 4 is 28.1 Å². The Labute approximate surface area is 178 Å². The first-order valence-electron chi connectivity index (χ1n) is 10.1. The minimum Gasteiger partial charge on any atom is -0.437 e. The van der Waals surface area contributed by atoms with Gasteiger partial charge >= 0.3 is 0 Å². The third-order valence-electron chi connectivity index (χ3n) is 5.21. The average molecular weight is 419 g/mol. The molecule has 0 radical (unpaired) electrons. The van der Waals surface area contributed by atoms with Crippen molar-refractivity contribution in [2.75, 3.05) is 36.4 Å². The summed E-state index contributed by atoms with van der Waals surface area (Å²) in [7, 11) is 1.79. The van der Waals surface area contributed by atoms with E-state index < -0.39 is 5.82 Å². The summed E-state index contributed by atoms with van der Waals surface area (Å²) in [4.78, 5) is 11.0. The van der Waals surface area contributed by atoms with Crippen LogP contribution in [-0.2, 0) is 7.05 Å². The van der Waals surface area contributed by atoms with Crippen molar-refractivity contribution < 1.29 is 9.13 Å². The molecule has 0 spiro atoms. The van der Waals surface area contributed by atoms with E-state index in [9.17, 15) is 4.39 Å². The molecule has 1 fully saturated rings. The first-order chi connectivity index (χ1) is 15.2. The van der Waals surface area contributed by atoms with Crippen LogP contribution in [0.1, 0.15) is 0 Å². The molecule has 3 heterocycles. The molecule has 0 unspecified atom stereocenters. The van der Waals surface area contributed by atoms with Crippen molar-refractivity contribution in [3.63, 3.8) is 0 Å². The molecule has 1 aliphatic heterocycles. The number of nitrogens with zero attached hydrogens (tertiary/aromatic N) is 5. The third-order valence-corrected chi connectivity index (χ3v) is 5.21. The number of ether oxygens (including phenoxy) is 1. The van der Waals surface area contributed by atoms with Crippen LogP contribution in [0.4, 0.5) is 21.6 Å². The second-order valence-corrected chi connectivity index (χ2v) is 7.36. The zero-order chi connectivity index (χ0) is 21.2. The van der Waals surface area contributed by atoms with Crippen LogP contribution in [0.25, 0.3) is 10.9 Å². The number of hydrogen-bond donors (Lipinski definition) is 2. The summed E-state index contributed by atoms with van der Waals surface area (Å²) in [6.07, 6.45) is 3.24. The van der Waals surface area contributed by atoms with Gasteiger partial charge in [0.05, 0.1) is 11.2 Å². The maximum Gasteiger partial charge on any atom is 0.238 e. The van der Waals surface area contributed by atoms with Crippen LogP contribution in [0.5, 0.6) is 11.6 Å². The van der Waals surface area contributed by atoms with E-state index in [1.54, 1.807) is 36.1 Å². The predicted octanol–water partition coefficient (Wildman–Crippen LogP) is 3.45. The van der Waals surface area contributed by atoms with Gasteiger partial charge in [-0.1, -0.05) is 0 Å². The van der Waals surface area contributed by atoms with Crippen LogP contribution >= 0.6 is 0 Å². The molecule has 0 bridgehead atoms. The summed E-state index contributed by atoms with van der Waals surface area (Å²) in [6, 6.07) is 12.4. The van der Waals surface area contributed by atoms with Crippen molar-refractivity contribution in [3.05, 3.63) is 60.8 Å². The van der Waals surface area contributed by atoms with Gasteiger partial charge in [0.1, 0.15) is 23.7 Å². The summed E-state index contributed by atoms with van der Waals surface area (Å²) < 4.78 is 22.0. The summed E-state index contributed by atoms with van der Waals surface area (Å²) in [5.41, 5.74) is 2.21.